The lowest BCUT2D eigenvalue weighted by atomic mass is 10.2. The summed E-state index contributed by atoms with van der Waals surface area (Å²) in [6.07, 6.45) is 1.17. The number of nitrogens with zero attached hydrogens (tertiary/aromatic N) is 1. The Morgan fingerprint density at radius 2 is 1.79 bits per heavy atom. The molecule has 2 rings (SSSR count). The van der Waals surface area contributed by atoms with Crippen molar-refractivity contribution in [2.24, 2.45) is 5.73 Å². The fourth-order valence-electron chi connectivity index (χ4n) is 2.65. The molecule has 3 amide bonds. The molecule has 0 radical (unpaired) electrons. The summed E-state index contributed by atoms with van der Waals surface area (Å²) in [5.74, 6) is 0.261. The number of nitrogens with two attached hydrogens (primary N) is 1. The molecule has 0 spiro atoms. The molecule has 0 aromatic heterocycles. The van der Waals surface area contributed by atoms with E-state index < -0.39 is 0 Å². The minimum absolute atomic E-state index is 0.228. The molecule has 0 aliphatic heterocycles. The molecule has 4 N–H and O–H groups in total. The Balaban J connectivity index is 1.69. The SMILES string of the molecule is CN(CCCNC(=O)Nc1ccccc1SCCC(N)=O)Cc1ccccc1. The van der Waals surface area contributed by atoms with Crippen LogP contribution in [0.1, 0.15) is 18.4 Å². The van der Waals surface area contributed by atoms with Crippen LogP contribution in [0.3, 0.4) is 0 Å². The third kappa shape index (κ3) is 8.45. The summed E-state index contributed by atoms with van der Waals surface area (Å²) < 4.78 is 0. The van der Waals surface area contributed by atoms with Crippen LogP contribution >= 0.6 is 11.8 Å². The summed E-state index contributed by atoms with van der Waals surface area (Å²) in [7, 11) is 2.08. The minimum Gasteiger partial charge on any atom is -0.370 e. The predicted octanol–water partition coefficient (Wildman–Crippen LogP) is 3.30. The third-order valence-electron chi connectivity index (χ3n) is 4.04. The van der Waals surface area contributed by atoms with Crippen LogP contribution in [0.5, 0.6) is 0 Å². The number of urea groups is 1. The molecule has 28 heavy (non-hydrogen) atoms. The van der Waals surface area contributed by atoms with Crippen molar-refractivity contribution >= 4 is 29.4 Å². The Kier molecular flexibility index (Phi) is 9.37. The predicted molar refractivity (Wildman–Crippen MR) is 115 cm³/mol. The van der Waals surface area contributed by atoms with Gasteiger partial charge in [-0.15, -0.1) is 11.8 Å². The van der Waals surface area contributed by atoms with Crippen LogP contribution in [0.15, 0.2) is 59.5 Å². The van der Waals surface area contributed by atoms with E-state index in [2.05, 4.69) is 34.7 Å². The zero-order chi connectivity index (χ0) is 20.2. The van der Waals surface area contributed by atoms with Gasteiger partial charge in [-0.05, 0) is 37.7 Å². The third-order valence-corrected chi connectivity index (χ3v) is 5.11. The number of rotatable bonds is 11. The van der Waals surface area contributed by atoms with Crippen molar-refractivity contribution in [1.82, 2.24) is 10.2 Å². The first kappa shape index (κ1) is 21.8. The van der Waals surface area contributed by atoms with Crippen molar-refractivity contribution in [3.8, 4) is 0 Å². The van der Waals surface area contributed by atoms with Crippen molar-refractivity contribution in [2.75, 3.05) is 31.2 Å². The number of amides is 3. The van der Waals surface area contributed by atoms with Crippen molar-refractivity contribution in [3.05, 3.63) is 60.2 Å². The van der Waals surface area contributed by atoms with E-state index in [9.17, 15) is 9.59 Å². The van der Waals surface area contributed by atoms with Gasteiger partial charge in [-0.3, -0.25) is 4.79 Å². The number of para-hydroxylation sites is 1. The lowest BCUT2D eigenvalue weighted by Gasteiger charge is -2.17. The zero-order valence-corrected chi connectivity index (χ0v) is 17.0. The molecule has 6 nitrogen and oxygen atoms in total. The molecule has 0 aliphatic rings. The van der Waals surface area contributed by atoms with Gasteiger partial charge in [0.15, 0.2) is 0 Å². The molecule has 0 saturated carbocycles. The van der Waals surface area contributed by atoms with Crippen molar-refractivity contribution < 1.29 is 9.59 Å². The average Bonchev–Trinajstić information content (AvgIpc) is 2.67. The molecule has 0 heterocycles. The number of carbonyl (C=O) groups is 2. The van der Waals surface area contributed by atoms with Gasteiger partial charge in [0, 0.05) is 30.2 Å². The van der Waals surface area contributed by atoms with Crippen LogP contribution in [0.4, 0.5) is 10.5 Å². The normalized spacial score (nSPS) is 10.6. The number of anilines is 1. The van der Waals surface area contributed by atoms with Gasteiger partial charge in [0.25, 0.3) is 0 Å². The Bertz CT molecular complexity index is 755. The Labute approximate surface area is 170 Å². The van der Waals surface area contributed by atoms with Gasteiger partial charge in [0.05, 0.1) is 5.69 Å². The molecule has 0 fully saturated rings. The largest absolute Gasteiger partial charge is 0.370 e. The van der Waals surface area contributed by atoms with Crippen LogP contribution < -0.4 is 16.4 Å². The molecule has 0 atom stereocenters. The molecule has 0 aliphatic carbocycles. The number of benzene rings is 2. The fourth-order valence-corrected chi connectivity index (χ4v) is 3.62. The number of thioether (sulfide) groups is 1. The highest BCUT2D eigenvalue weighted by molar-refractivity contribution is 7.99. The summed E-state index contributed by atoms with van der Waals surface area (Å²) in [4.78, 5) is 26.2. The Morgan fingerprint density at radius 3 is 2.54 bits per heavy atom. The van der Waals surface area contributed by atoms with Gasteiger partial charge in [0.1, 0.15) is 0 Å². The maximum Gasteiger partial charge on any atom is 0.319 e. The van der Waals surface area contributed by atoms with Gasteiger partial charge in [-0.2, -0.15) is 0 Å². The lowest BCUT2D eigenvalue weighted by Crippen LogP contribution is -2.31. The summed E-state index contributed by atoms with van der Waals surface area (Å²) in [5, 5.41) is 5.77. The quantitative estimate of drug-likeness (QED) is 0.399. The van der Waals surface area contributed by atoms with E-state index >= 15 is 0 Å². The van der Waals surface area contributed by atoms with Crippen LogP contribution in [-0.2, 0) is 11.3 Å². The first-order valence-electron chi connectivity index (χ1n) is 9.32. The van der Waals surface area contributed by atoms with Gasteiger partial charge in [-0.1, -0.05) is 42.5 Å². The average molecular weight is 401 g/mol. The second-order valence-corrected chi connectivity index (χ2v) is 7.66. The number of carbonyl (C=O) groups excluding carboxylic acids is 2. The van der Waals surface area contributed by atoms with E-state index in [1.54, 1.807) is 0 Å². The number of hydrogen-bond acceptors (Lipinski definition) is 4. The van der Waals surface area contributed by atoms with E-state index in [4.69, 9.17) is 5.73 Å². The van der Waals surface area contributed by atoms with Crippen LogP contribution in [-0.4, -0.2) is 42.7 Å². The summed E-state index contributed by atoms with van der Waals surface area (Å²) >= 11 is 1.50. The smallest absolute Gasteiger partial charge is 0.319 e. The fraction of sp³-hybridized carbons (Fsp3) is 0.333. The summed E-state index contributed by atoms with van der Waals surface area (Å²) in [6, 6.07) is 17.6. The first-order chi connectivity index (χ1) is 13.5. The zero-order valence-electron chi connectivity index (χ0n) is 16.2. The summed E-state index contributed by atoms with van der Waals surface area (Å²) in [6.45, 7) is 2.39. The standard InChI is InChI=1S/C21H28N4O2S/c1-25(16-17-8-3-2-4-9-17)14-7-13-23-21(27)24-18-10-5-6-11-19(18)28-15-12-20(22)26/h2-6,8-11H,7,12-16H2,1H3,(H2,22,26)(H2,23,24,27). The van der Waals surface area contributed by atoms with Gasteiger partial charge in [-0.25, -0.2) is 4.79 Å². The second kappa shape index (κ2) is 12.0. The molecular formula is C21H28N4O2S. The van der Waals surface area contributed by atoms with Crippen molar-refractivity contribution in [1.29, 1.82) is 0 Å². The van der Waals surface area contributed by atoms with Crippen LogP contribution in [0, 0.1) is 0 Å². The highest BCUT2D eigenvalue weighted by Crippen LogP contribution is 2.27. The monoisotopic (exact) mass is 400 g/mol. The van der Waals surface area contributed by atoms with Crippen molar-refractivity contribution in [3.63, 3.8) is 0 Å². The molecule has 150 valence electrons. The molecule has 2 aromatic rings. The molecule has 2 aromatic carbocycles. The van der Waals surface area contributed by atoms with E-state index in [1.165, 1.54) is 17.3 Å². The Hall–Kier alpha value is -2.51. The molecule has 7 heteroatoms. The number of primary amides is 1. The van der Waals surface area contributed by atoms with Crippen molar-refractivity contribution in [2.45, 2.75) is 24.3 Å². The van der Waals surface area contributed by atoms with Gasteiger partial charge >= 0.3 is 6.03 Å². The van der Waals surface area contributed by atoms with Gasteiger partial charge in [0.2, 0.25) is 5.91 Å². The van der Waals surface area contributed by atoms with Gasteiger partial charge < -0.3 is 21.3 Å². The molecular weight excluding hydrogens is 372 g/mol. The molecule has 0 unspecified atom stereocenters. The topological polar surface area (TPSA) is 87.5 Å². The van der Waals surface area contributed by atoms with E-state index in [-0.39, 0.29) is 11.9 Å². The molecule has 0 bridgehead atoms. The van der Waals surface area contributed by atoms with E-state index in [0.29, 0.717) is 18.7 Å². The van der Waals surface area contributed by atoms with E-state index in [0.717, 1.165) is 30.1 Å². The first-order valence-corrected chi connectivity index (χ1v) is 10.3. The lowest BCUT2D eigenvalue weighted by molar-refractivity contribution is -0.117. The van der Waals surface area contributed by atoms with E-state index in [1.807, 2.05) is 42.5 Å². The highest BCUT2D eigenvalue weighted by Gasteiger charge is 2.07. The van der Waals surface area contributed by atoms with Crippen LogP contribution in [0.25, 0.3) is 0 Å². The number of hydrogen-bond donors (Lipinski definition) is 3. The summed E-state index contributed by atoms with van der Waals surface area (Å²) in [5.41, 5.74) is 7.18. The molecule has 0 saturated heterocycles. The number of nitrogens with one attached hydrogen (secondary N) is 2. The maximum absolute atomic E-state index is 12.2. The highest BCUT2D eigenvalue weighted by atomic mass is 32.2. The second-order valence-electron chi connectivity index (χ2n) is 6.52. The minimum atomic E-state index is -0.326. The Morgan fingerprint density at radius 1 is 1.07 bits per heavy atom. The maximum atomic E-state index is 12.2. The van der Waals surface area contributed by atoms with Crippen LogP contribution in [0.2, 0.25) is 0 Å².